The number of benzene rings is 2. The van der Waals surface area contributed by atoms with Gasteiger partial charge in [0.15, 0.2) is 5.82 Å². The molecule has 2 aliphatic heterocycles. The average molecular weight is 532 g/mol. The van der Waals surface area contributed by atoms with Crippen LogP contribution in [0.4, 0.5) is 15.9 Å². The maximum absolute atomic E-state index is 14.4. The Hall–Kier alpha value is -4.01. The number of hydrogen-bond acceptors (Lipinski definition) is 7. The van der Waals surface area contributed by atoms with Gasteiger partial charge in [-0.2, -0.15) is 0 Å². The average Bonchev–Trinajstić information content (AvgIpc) is 2.97. The number of piperidine rings is 1. The SMILES string of the molecule is CCOC(=O)C1CCN(C(=O)c2cnc(-c3ccc(C)cc3)nc2N2CCN(c3ccccc3F)CC2)CC1. The third-order valence-corrected chi connectivity index (χ3v) is 7.48. The second-order valence-corrected chi connectivity index (χ2v) is 10.0. The lowest BCUT2D eigenvalue weighted by molar-refractivity contribution is -0.149. The van der Waals surface area contributed by atoms with Crippen molar-refractivity contribution in [3.63, 3.8) is 0 Å². The number of carbonyl (C=O) groups is 2. The van der Waals surface area contributed by atoms with Crippen LogP contribution in [0.2, 0.25) is 0 Å². The summed E-state index contributed by atoms with van der Waals surface area (Å²) in [6, 6.07) is 14.8. The van der Waals surface area contributed by atoms with Crippen molar-refractivity contribution in [3.8, 4) is 11.4 Å². The first-order valence-electron chi connectivity index (χ1n) is 13.6. The summed E-state index contributed by atoms with van der Waals surface area (Å²) < 4.78 is 19.6. The van der Waals surface area contributed by atoms with E-state index in [-0.39, 0.29) is 23.6 Å². The molecule has 39 heavy (non-hydrogen) atoms. The molecule has 3 aromatic rings. The fraction of sp³-hybridized carbons (Fsp3) is 0.400. The van der Waals surface area contributed by atoms with E-state index in [2.05, 4.69) is 9.88 Å². The van der Waals surface area contributed by atoms with Gasteiger partial charge in [0, 0.05) is 51.0 Å². The zero-order chi connectivity index (χ0) is 27.4. The minimum absolute atomic E-state index is 0.140. The molecule has 8 nitrogen and oxygen atoms in total. The van der Waals surface area contributed by atoms with E-state index in [4.69, 9.17) is 9.72 Å². The van der Waals surface area contributed by atoms with Crippen molar-refractivity contribution < 1.29 is 18.7 Å². The minimum Gasteiger partial charge on any atom is -0.466 e. The fourth-order valence-electron chi connectivity index (χ4n) is 5.22. The molecule has 2 fully saturated rings. The molecule has 204 valence electrons. The summed E-state index contributed by atoms with van der Waals surface area (Å²) in [7, 11) is 0. The number of aryl methyl sites for hydroxylation is 1. The normalized spacial score (nSPS) is 16.3. The summed E-state index contributed by atoms with van der Waals surface area (Å²) in [5, 5.41) is 0. The predicted octanol–water partition coefficient (Wildman–Crippen LogP) is 4.33. The standard InChI is InChI=1S/C30H34FN5O3/c1-3-39-30(38)23-12-14-36(15-13-23)29(37)24-20-32-27(22-10-8-21(2)9-11-22)33-28(24)35-18-16-34(17-19-35)26-7-5-4-6-25(26)31/h4-11,20,23H,3,12-19H2,1-2H3. The molecule has 1 aromatic heterocycles. The summed E-state index contributed by atoms with van der Waals surface area (Å²) in [5.74, 6) is 0.394. The van der Waals surface area contributed by atoms with E-state index in [1.165, 1.54) is 6.07 Å². The molecule has 5 rings (SSSR count). The van der Waals surface area contributed by atoms with E-state index in [9.17, 15) is 14.0 Å². The monoisotopic (exact) mass is 531 g/mol. The van der Waals surface area contributed by atoms with Gasteiger partial charge in [-0.3, -0.25) is 9.59 Å². The summed E-state index contributed by atoms with van der Waals surface area (Å²) >= 11 is 0. The highest BCUT2D eigenvalue weighted by atomic mass is 19.1. The number of amides is 1. The molecule has 0 N–H and O–H groups in total. The van der Waals surface area contributed by atoms with Gasteiger partial charge in [-0.25, -0.2) is 14.4 Å². The second kappa shape index (κ2) is 11.8. The van der Waals surface area contributed by atoms with Gasteiger partial charge in [-0.05, 0) is 38.8 Å². The van der Waals surface area contributed by atoms with Crippen LogP contribution in [0.1, 0.15) is 35.7 Å². The Morgan fingerprint density at radius 3 is 2.28 bits per heavy atom. The van der Waals surface area contributed by atoms with Gasteiger partial charge in [0.05, 0.1) is 18.2 Å². The fourth-order valence-corrected chi connectivity index (χ4v) is 5.22. The predicted molar refractivity (Wildman–Crippen MR) is 148 cm³/mol. The van der Waals surface area contributed by atoms with Crippen molar-refractivity contribution in [3.05, 3.63) is 71.7 Å². The van der Waals surface area contributed by atoms with Gasteiger partial charge in [0.2, 0.25) is 0 Å². The molecule has 9 heteroatoms. The molecular weight excluding hydrogens is 497 g/mol. The molecule has 0 unspecified atom stereocenters. The van der Waals surface area contributed by atoms with Crippen LogP contribution in [0.25, 0.3) is 11.4 Å². The van der Waals surface area contributed by atoms with Crippen LogP contribution < -0.4 is 9.80 Å². The first-order chi connectivity index (χ1) is 18.9. The number of para-hydroxylation sites is 1. The first kappa shape index (κ1) is 26.6. The number of anilines is 2. The minimum atomic E-state index is -0.239. The lowest BCUT2D eigenvalue weighted by atomic mass is 9.96. The van der Waals surface area contributed by atoms with Gasteiger partial charge in [0.25, 0.3) is 5.91 Å². The summed E-state index contributed by atoms with van der Waals surface area (Å²) in [5.41, 5.74) is 3.04. The first-order valence-corrected chi connectivity index (χ1v) is 13.6. The molecule has 2 aliphatic rings. The van der Waals surface area contributed by atoms with Crippen LogP contribution in [0.5, 0.6) is 0 Å². The van der Waals surface area contributed by atoms with Gasteiger partial charge in [-0.15, -0.1) is 0 Å². The largest absolute Gasteiger partial charge is 0.466 e. The van der Waals surface area contributed by atoms with Crippen LogP contribution in [0.3, 0.4) is 0 Å². The highest BCUT2D eigenvalue weighted by Gasteiger charge is 2.32. The molecule has 0 saturated carbocycles. The zero-order valence-corrected chi connectivity index (χ0v) is 22.5. The van der Waals surface area contributed by atoms with E-state index >= 15 is 0 Å². The molecule has 2 aromatic carbocycles. The second-order valence-electron chi connectivity index (χ2n) is 10.0. The Labute approximate surface area is 228 Å². The number of halogens is 1. The van der Waals surface area contributed by atoms with E-state index in [0.29, 0.717) is 81.6 Å². The zero-order valence-electron chi connectivity index (χ0n) is 22.5. The molecular formula is C30H34FN5O3. The Kier molecular flexibility index (Phi) is 8.05. The maximum Gasteiger partial charge on any atom is 0.309 e. The van der Waals surface area contributed by atoms with Crippen molar-refractivity contribution in [1.82, 2.24) is 14.9 Å². The Morgan fingerprint density at radius 2 is 1.62 bits per heavy atom. The topological polar surface area (TPSA) is 78.9 Å². The van der Waals surface area contributed by atoms with E-state index < -0.39 is 0 Å². The van der Waals surface area contributed by atoms with Crippen LogP contribution in [0.15, 0.2) is 54.7 Å². The molecule has 0 aliphatic carbocycles. The smallest absolute Gasteiger partial charge is 0.309 e. The number of likely N-dealkylation sites (tertiary alicyclic amines) is 1. The molecule has 0 atom stereocenters. The molecule has 0 radical (unpaired) electrons. The van der Waals surface area contributed by atoms with E-state index in [0.717, 1.165) is 11.1 Å². The number of hydrogen-bond donors (Lipinski definition) is 0. The quantitative estimate of drug-likeness (QED) is 0.438. The van der Waals surface area contributed by atoms with E-state index in [1.54, 1.807) is 30.2 Å². The van der Waals surface area contributed by atoms with Gasteiger partial charge >= 0.3 is 5.97 Å². The van der Waals surface area contributed by atoms with Crippen LogP contribution in [-0.4, -0.2) is 72.6 Å². The van der Waals surface area contributed by atoms with Gasteiger partial charge < -0.3 is 19.4 Å². The summed E-state index contributed by atoms with van der Waals surface area (Å²) in [6.45, 7) is 7.51. The van der Waals surface area contributed by atoms with Crippen molar-refractivity contribution in [2.75, 3.05) is 55.7 Å². The van der Waals surface area contributed by atoms with E-state index in [1.807, 2.05) is 42.2 Å². The van der Waals surface area contributed by atoms with Crippen LogP contribution in [-0.2, 0) is 9.53 Å². The van der Waals surface area contributed by atoms with Crippen molar-refractivity contribution in [1.29, 1.82) is 0 Å². The number of piperazine rings is 1. The van der Waals surface area contributed by atoms with Crippen molar-refractivity contribution in [2.24, 2.45) is 5.92 Å². The van der Waals surface area contributed by atoms with Gasteiger partial charge in [-0.1, -0.05) is 42.0 Å². The molecule has 0 spiro atoms. The molecule has 3 heterocycles. The Morgan fingerprint density at radius 1 is 0.949 bits per heavy atom. The third-order valence-electron chi connectivity index (χ3n) is 7.48. The summed E-state index contributed by atoms with van der Waals surface area (Å²) in [6.07, 6.45) is 2.77. The van der Waals surface area contributed by atoms with Crippen LogP contribution >= 0.6 is 0 Å². The summed E-state index contributed by atoms with van der Waals surface area (Å²) in [4.78, 5) is 41.3. The van der Waals surface area contributed by atoms with Crippen molar-refractivity contribution in [2.45, 2.75) is 26.7 Å². The lowest BCUT2D eigenvalue weighted by Crippen LogP contribution is -2.48. The number of nitrogens with zero attached hydrogens (tertiary/aromatic N) is 5. The number of aromatic nitrogens is 2. The third kappa shape index (κ3) is 5.87. The number of rotatable bonds is 6. The number of carbonyl (C=O) groups excluding carboxylic acids is 2. The Bertz CT molecular complexity index is 1320. The number of esters is 1. The number of ether oxygens (including phenoxy) is 1. The highest BCUT2D eigenvalue weighted by Crippen LogP contribution is 2.28. The highest BCUT2D eigenvalue weighted by molar-refractivity contribution is 5.99. The lowest BCUT2D eigenvalue weighted by Gasteiger charge is -2.38. The van der Waals surface area contributed by atoms with Crippen molar-refractivity contribution >= 4 is 23.4 Å². The molecule has 0 bridgehead atoms. The van der Waals surface area contributed by atoms with Gasteiger partial charge in [0.1, 0.15) is 17.2 Å². The molecule has 2 saturated heterocycles. The Balaban J connectivity index is 1.38. The molecule has 1 amide bonds. The maximum atomic E-state index is 14.4. The van der Waals surface area contributed by atoms with Crippen LogP contribution in [0, 0.1) is 18.7 Å².